The van der Waals surface area contributed by atoms with Gasteiger partial charge in [-0.05, 0) is 78.4 Å². The van der Waals surface area contributed by atoms with Crippen molar-refractivity contribution in [1.82, 2.24) is 10.2 Å². The zero-order chi connectivity index (χ0) is 25.8. The minimum absolute atomic E-state index is 0.105. The molecule has 0 saturated carbocycles. The minimum Gasteiger partial charge on any atom is -0.383 e. The van der Waals surface area contributed by atoms with Gasteiger partial charge in [0.2, 0.25) is 0 Å². The summed E-state index contributed by atoms with van der Waals surface area (Å²) in [7, 11) is 3.67. The van der Waals surface area contributed by atoms with Gasteiger partial charge in [-0.25, -0.2) is 0 Å². The number of carbonyl (C=O) groups excluding carboxylic acids is 2. The molecule has 0 fully saturated rings. The summed E-state index contributed by atoms with van der Waals surface area (Å²) in [4.78, 5) is 27.3. The zero-order valence-corrected chi connectivity index (χ0v) is 22.3. The van der Waals surface area contributed by atoms with Crippen LogP contribution in [0.15, 0.2) is 36.4 Å². The van der Waals surface area contributed by atoms with Crippen molar-refractivity contribution in [2.24, 2.45) is 5.92 Å². The Morgan fingerprint density at radius 1 is 1.20 bits per heavy atom. The van der Waals surface area contributed by atoms with E-state index < -0.39 is 0 Å². The molecule has 0 heterocycles. The number of ketones is 1. The van der Waals surface area contributed by atoms with Crippen LogP contribution in [0.2, 0.25) is 5.02 Å². The van der Waals surface area contributed by atoms with Gasteiger partial charge in [-0.1, -0.05) is 37.6 Å². The third-order valence-electron chi connectivity index (χ3n) is 6.11. The Bertz CT molecular complexity index is 1080. The number of hydrogen-bond acceptors (Lipinski definition) is 4. The van der Waals surface area contributed by atoms with E-state index in [1.807, 2.05) is 19.1 Å². The lowest BCUT2D eigenvalue weighted by Gasteiger charge is -2.23. The third kappa shape index (κ3) is 9.50. The smallest absolute Gasteiger partial charge is 0.251 e. The van der Waals surface area contributed by atoms with Crippen LogP contribution < -0.4 is 15.8 Å². The highest BCUT2D eigenvalue weighted by Gasteiger charge is 2.13. The summed E-state index contributed by atoms with van der Waals surface area (Å²) in [5.41, 5.74) is 2.27. The van der Waals surface area contributed by atoms with E-state index in [1.54, 1.807) is 31.4 Å². The number of ether oxygens (including phenoxy) is 1. The summed E-state index contributed by atoms with van der Waals surface area (Å²) >= 11 is 5.92. The molecule has 0 bridgehead atoms. The van der Waals surface area contributed by atoms with E-state index in [9.17, 15) is 9.59 Å². The highest BCUT2D eigenvalue weighted by molar-refractivity contribution is 6.30. The van der Waals surface area contributed by atoms with Crippen LogP contribution in [0.1, 0.15) is 65.3 Å². The second-order valence-corrected chi connectivity index (χ2v) is 9.60. The molecule has 0 saturated heterocycles. The van der Waals surface area contributed by atoms with Gasteiger partial charge >= 0.3 is 0 Å². The van der Waals surface area contributed by atoms with Crippen molar-refractivity contribution in [3.63, 3.8) is 0 Å². The van der Waals surface area contributed by atoms with Crippen LogP contribution in [0.25, 0.3) is 12.8 Å². The normalized spacial score (nSPS) is 12.4. The second kappa shape index (κ2) is 14.7. The molecule has 2 rings (SSSR count). The number of Topliss-reactive ketones (excluding diaryl/α,β-unsaturated/α-hetero) is 1. The number of nitrogens with zero attached hydrogens (tertiary/aromatic N) is 1. The maximum atomic E-state index is 12.6. The van der Waals surface area contributed by atoms with Crippen LogP contribution >= 0.6 is 11.6 Å². The van der Waals surface area contributed by atoms with Crippen molar-refractivity contribution >= 4 is 36.1 Å². The summed E-state index contributed by atoms with van der Waals surface area (Å²) in [6.07, 6.45) is 6.65. The number of benzene rings is 2. The fraction of sp³-hybridized carbons (Fsp3) is 0.448. The first-order chi connectivity index (χ1) is 16.7. The number of hydrogen-bond donors (Lipinski definition) is 1. The standard InChI is InChI=1S/C29H39ClN2O3/c1-6-8-23(9-7-10-28(33)24-11-13-26(30)14-12-24)19-32(4)20-25-18-27(22(3)17-21(25)2)29(34)31-15-16-35-5/h11-14,17-18,20,23H,2,6-10,15-16,19H2,1,3-5H3,(H,31,34)/b25-20-. The molecule has 2 aromatic carbocycles. The van der Waals surface area contributed by atoms with Crippen molar-refractivity contribution in [2.75, 3.05) is 33.9 Å². The summed E-state index contributed by atoms with van der Waals surface area (Å²) < 4.78 is 5.02. The van der Waals surface area contributed by atoms with Crippen LogP contribution in [0.4, 0.5) is 0 Å². The summed E-state index contributed by atoms with van der Waals surface area (Å²) in [6, 6.07) is 11.0. The molecule has 1 atom stereocenters. The molecule has 0 aliphatic carbocycles. The maximum absolute atomic E-state index is 12.6. The Labute approximate surface area is 214 Å². The largest absolute Gasteiger partial charge is 0.383 e. The van der Waals surface area contributed by atoms with Crippen molar-refractivity contribution < 1.29 is 14.3 Å². The molecule has 0 aliphatic rings. The van der Waals surface area contributed by atoms with E-state index in [2.05, 4.69) is 37.0 Å². The van der Waals surface area contributed by atoms with Gasteiger partial charge in [-0.2, -0.15) is 0 Å². The lowest BCUT2D eigenvalue weighted by molar-refractivity contribution is 0.0935. The molecular weight excluding hydrogens is 460 g/mol. The van der Waals surface area contributed by atoms with E-state index in [0.717, 1.165) is 53.8 Å². The van der Waals surface area contributed by atoms with Crippen molar-refractivity contribution in [2.45, 2.75) is 46.0 Å². The van der Waals surface area contributed by atoms with Crippen LogP contribution in [-0.2, 0) is 4.74 Å². The topological polar surface area (TPSA) is 58.6 Å². The Hall–Kier alpha value is -2.63. The van der Waals surface area contributed by atoms with E-state index >= 15 is 0 Å². The van der Waals surface area contributed by atoms with Crippen LogP contribution in [0.3, 0.4) is 0 Å². The first-order valence-electron chi connectivity index (χ1n) is 12.3. The SMILES string of the molecule is C=c1cc(C)c(C(=O)NCCOC)c/c1=C/N(C)CC(CCC)CCCC(=O)c1ccc(Cl)cc1. The van der Waals surface area contributed by atoms with Crippen LogP contribution in [0, 0.1) is 12.8 Å². The molecule has 190 valence electrons. The molecule has 0 radical (unpaired) electrons. The van der Waals surface area contributed by atoms with Crippen LogP contribution in [0.5, 0.6) is 0 Å². The predicted octanol–water partition coefficient (Wildman–Crippen LogP) is 4.57. The number of amides is 1. The molecule has 1 unspecified atom stereocenters. The highest BCUT2D eigenvalue weighted by Crippen LogP contribution is 2.18. The van der Waals surface area contributed by atoms with Gasteiger partial charge < -0.3 is 15.0 Å². The number of methoxy groups -OCH3 is 1. The van der Waals surface area contributed by atoms with Gasteiger partial charge in [-0.15, -0.1) is 0 Å². The maximum Gasteiger partial charge on any atom is 0.251 e. The molecule has 0 aromatic heterocycles. The van der Waals surface area contributed by atoms with E-state index in [4.69, 9.17) is 16.3 Å². The lowest BCUT2D eigenvalue weighted by Crippen LogP contribution is -2.33. The number of nitrogens with one attached hydrogen (secondary N) is 1. The summed E-state index contributed by atoms with van der Waals surface area (Å²) in [5, 5.41) is 5.36. The summed E-state index contributed by atoms with van der Waals surface area (Å²) in [5.74, 6) is 0.537. The predicted molar refractivity (Wildman–Crippen MR) is 145 cm³/mol. The monoisotopic (exact) mass is 498 g/mol. The molecule has 0 aliphatic heterocycles. The van der Waals surface area contributed by atoms with Crippen LogP contribution in [-0.4, -0.2) is 50.4 Å². The molecule has 6 heteroatoms. The zero-order valence-electron chi connectivity index (χ0n) is 21.5. The quantitative estimate of drug-likeness (QED) is 0.306. The fourth-order valence-electron chi connectivity index (χ4n) is 4.28. The molecule has 2 aromatic rings. The van der Waals surface area contributed by atoms with Crippen molar-refractivity contribution in [1.29, 1.82) is 0 Å². The Morgan fingerprint density at radius 2 is 1.91 bits per heavy atom. The number of rotatable bonds is 14. The van der Waals surface area contributed by atoms with Gasteiger partial charge in [0.1, 0.15) is 0 Å². The van der Waals surface area contributed by atoms with E-state index in [0.29, 0.717) is 36.1 Å². The summed E-state index contributed by atoms with van der Waals surface area (Å²) in [6.45, 7) is 10.1. The first kappa shape index (κ1) is 28.6. The molecule has 5 nitrogen and oxygen atoms in total. The average molecular weight is 499 g/mol. The van der Waals surface area contributed by atoms with E-state index in [-0.39, 0.29) is 11.7 Å². The first-order valence-corrected chi connectivity index (χ1v) is 12.7. The fourth-order valence-corrected chi connectivity index (χ4v) is 4.40. The molecule has 1 amide bonds. The van der Waals surface area contributed by atoms with Gasteiger partial charge in [0.25, 0.3) is 5.91 Å². The van der Waals surface area contributed by atoms with Gasteiger partial charge in [0.15, 0.2) is 5.78 Å². The highest BCUT2D eigenvalue weighted by atomic mass is 35.5. The number of carbonyl (C=O) groups is 2. The number of halogens is 1. The minimum atomic E-state index is -0.105. The molecule has 0 spiro atoms. The Kier molecular flexibility index (Phi) is 12.0. The molecule has 35 heavy (non-hydrogen) atoms. The molecule has 1 N–H and O–H groups in total. The van der Waals surface area contributed by atoms with Gasteiger partial charge in [0.05, 0.1) is 6.61 Å². The lowest BCUT2D eigenvalue weighted by atomic mass is 9.94. The average Bonchev–Trinajstić information content (AvgIpc) is 2.81. The van der Waals surface area contributed by atoms with Gasteiger partial charge in [0, 0.05) is 56.0 Å². The number of aryl methyl sites for hydroxylation is 1. The van der Waals surface area contributed by atoms with Crippen molar-refractivity contribution in [3.05, 3.63) is 68.5 Å². The second-order valence-electron chi connectivity index (χ2n) is 9.16. The Balaban J connectivity index is 2.03. The van der Waals surface area contributed by atoms with Gasteiger partial charge in [-0.3, -0.25) is 9.59 Å². The molecular formula is C29H39ClN2O3. The van der Waals surface area contributed by atoms with E-state index in [1.165, 1.54) is 0 Å². The van der Waals surface area contributed by atoms with Crippen molar-refractivity contribution in [3.8, 4) is 0 Å². The third-order valence-corrected chi connectivity index (χ3v) is 6.36. The Morgan fingerprint density at radius 3 is 2.57 bits per heavy atom.